The zero-order valence-corrected chi connectivity index (χ0v) is 23.4. The minimum atomic E-state index is -0.591. The predicted molar refractivity (Wildman–Crippen MR) is 148 cm³/mol. The Morgan fingerprint density at radius 1 is 1.08 bits per heavy atom. The zero-order valence-electron chi connectivity index (χ0n) is 19.5. The van der Waals surface area contributed by atoms with Crippen LogP contribution >= 0.6 is 57.7 Å². The highest BCUT2D eigenvalue weighted by Crippen LogP contribution is 2.35. The van der Waals surface area contributed by atoms with Gasteiger partial charge in [-0.25, -0.2) is 9.78 Å². The predicted octanol–water partition coefficient (Wildman–Crippen LogP) is 6.00. The molecule has 0 atom stereocenters. The fourth-order valence-corrected chi connectivity index (χ4v) is 4.98. The van der Waals surface area contributed by atoms with Gasteiger partial charge in [-0.05, 0) is 23.6 Å². The molecule has 196 valence electrons. The van der Waals surface area contributed by atoms with Crippen LogP contribution in [0, 0.1) is 0 Å². The summed E-state index contributed by atoms with van der Waals surface area (Å²) in [6.07, 6.45) is 1.38. The van der Waals surface area contributed by atoms with E-state index in [-0.39, 0.29) is 62.7 Å². The molecule has 0 fully saturated rings. The van der Waals surface area contributed by atoms with Crippen molar-refractivity contribution in [3.05, 3.63) is 66.9 Å². The van der Waals surface area contributed by atoms with Crippen LogP contribution < -0.4 is 20.7 Å². The molecule has 37 heavy (non-hydrogen) atoms. The van der Waals surface area contributed by atoms with Crippen molar-refractivity contribution >= 4 is 87.1 Å². The zero-order chi connectivity index (χ0) is 27.1. The summed E-state index contributed by atoms with van der Waals surface area (Å²) in [6.45, 7) is 0.443. The van der Waals surface area contributed by atoms with Gasteiger partial charge in [0.25, 0.3) is 11.8 Å². The van der Waals surface area contributed by atoms with E-state index in [0.29, 0.717) is 10.6 Å². The number of carbonyl (C=O) groups excluding carboxylic acids is 3. The number of rotatable bonds is 9. The number of thiophene rings is 1. The summed E-state index contributed by atoms with van der Waals surface area (Å²) >= 11 is 25.4. The summed E-state index contributed by atoms with van der Waals surface area (Å²) in [5, 5.41) is 10.4. The van der Waals surface area contributed by atoms with Crippen LogP contribution in [0.25, 0.3) is 0 Å². The molecule has 1 aromatic carbocycles. The molecule has 14 heteroatoms. The number of urea groups is 1. The van der Waals surface area contributed by atoms with Gasteiger partial charge in [0.05, 0.1) is 28.4 Å². The molecule has 3 rings (SSSR count). The number of aromatic nitrogens is 1. The number of alkyl halides is 1. The number of nitrogens with zero attached hydrogens (tertiary/aromatic N) is 2. The molecule has 4 amide bonds. The highest BCUT2D eigenvalue weighted by atomic mass is 35.5. The number of pyridine rings is 1. The fraction of sp³-hybridized carbons (Fsp3) is 0.217. The normalized spacial score (nSPS) is 10.5. The lowest BCUT2D eigenvalue weighted by Gasteiger charge is -2.20. The highest BCUT2D eigenvalue weighted by molar-refractivity contribution is 7.13. The number of halogens is 4. The van der Waals surface area contributed by atoms with Crippen LogP contribution in [0.4, 0.5) is 16.3 Å². The van der Waals surface area contributed by atoms with E-state index in [0.717, 1.165) is 11.3 Å². The molecule has 0 aliphatic heterocycles. The van der Waals surface area contributed by atoms with Crippen LogP contribution in [0.1, 0.15) is 25.6 Å². The van der Waals surface area contributed by atoms with Crippen molar-refractivity contribution < 1.29 is 19.1 Å². The molecular formula is C23H21Cl4N5O4S. The second-order valence-electron chi connectivity index (χ2n) is 7.37. The minimum absolute atomic E-state index is 0.0373. The van der Waals surface area contributed by atoms with Gasteiger partial charge in [0.2, 0.25) is 0 Å². The number of methoxy groups -OCH3 is 1. The van der Waals surface area contributed by atoms with Crippen molar-refractivity contribution in [1.82, 2.24) is 15.2 Å². The Labute approximate surface area is 237 Å². The van der Waals surface area contributed by atoms with E-state index < -0.39 is 11.8 Å². The molecule has 0 bridgehead atoms. The van der Waals surface area contributed by atoms with E-state index in [1.165, 1.54) is 43.5 Å². The SMILES string of the molecule is CNC(=O)N(CCCl)Cc1csc(C(=O)Nc2c(OC)cc(Cl)cc2C(=O)Nc2ccc(Cl)cn2)c1Cl. The van der Waals surface area contributed by atoms with Gasteiger partial charge in [-0.3, -0.25) is 9.59 Å². The summed E-state index contributed by atoms with van der Waals surface area (Å²) in [7, 11) is 2.89. The first-order chi connectivity index (χ1) is 17.7. The van der Waals surface area contributed by atoms with Crippen LogP contribution in [0.5, 0.6) is 5.75 Å². The van der Waals surface area contributed by atoms with Gasteiger partial charge in [-0.1, -0.05) is 34.8 Å². The van der Waals surface area contributed by atoms with Crippen LogP contribution in [0.2, 0.25) is 15.1 Å². The Kier molecular flexibility index (Phi) is 10.2. The van der Waals surface area contributed by atoms with Crippen LogP contribution in [0.15, 0.2) is 35.8 Å². The maximum absolute atomic E-state index is 13.2. The van der Waals surface area contributed by atoms with E-state index in [2.05, 4.69) is 20.9 Å². The number of anilines is 2. The fourth-order valence-electron chi connectivity index (χ4n) is 3.21. The maximum Gasteiger partial charge on any atom is 0.317 e. The van der Waals surface area contributed by atoms with Gasteiger partial charge < -0.3 is 25.6 Å². The molecule has 3 aromatic rings. The number of nitrogens with one attached hydrogen (secondary N) is 3. The smallest absolute Gasteiger partial charge is 0.317 e. The van der Waals surface area contributed by atoms with Gasteiger partial charge in [-0.15, -0.1) is 22.9 Å². The lowest BCUT2D eigenvalue weighted by atomic mass is 10.1. The number of hydrogen-bond donors (Lipinski definition) is 3. The second-order valence-corrected chi connectivity index (χ2v) is 9.88. The standard InChI is InChI=1S/C23H21Cl4N5O4S/c1-28-23(35)32(6-5-24)10-12-11-37-20(18(12)27)22(34)31-19-15(7-14(26)8-16(19)36-2)21(33)30-17-4-3-13(25)9-29-17/h3-4,7-9,11H,5-6,10H2,1-2H3,(H,28,35)(H,31,34)(H,29,30,33). The van der Waals surface area contributed by atoms with Gasteiger partial charge in [0.15, 0.2) is 0 Å². The van der Waals surface area contributed by atoms with E-state index in [4.69, 9.17) is 51.1 Å². The average Bonchev–Trinajstić information content (AvgIpc) is 3.25. The number of carbonyl (C=O) groups is 3. The summed E-state index contributed by atoms with van der Waals surface area (Å²) < 4.78 is 5.37. The molecule has 0 saturated carbocycles. The third-order valence-corrected chi connectivity index (χ3v) is 7.14. The molecule has 0 radical (unpaired) electrons. The van der Waals surface area contributed by atoms with Gasteiger partial charge in [-0.2, -0.15) is 0 Å². The van der Waals surface area contributed by atoms with Crippen molar-refractivity contribution in [2.75, 3.05) is 37.2 Å². The van der Waals surface area contributed by atoms with Crippen LogP contribution in [0.3, 0.4) is 0 Å². The molecule has 2 aromatic heterocycles. The summed E-state index contributed by atoms with van der Waals surface area (Å²) in [5.74, 6) is -0.532. The van der Waals surface area contributed by atoms with Crippen molar-refractivity contribution in [2.45, 2.75) is 6.54 Å². The minimum Gasteiger partial charge on any atom is -0.494 e. The van der Waals surface area contributed by atoms with Crippen molar-refractivity contribution in [2.24, 2.45) is 0 Å². The Morgan fingerprint density at radius 3 is 2.46 bits per heavy atom. The third-order valence-electron chi connectivity index (χ3n) is 4.96. The molecule has 0 spiro atoms. The lowest BCUT2D eigenvalue weighted by Crippen LogP contribution is -2.38. The lowest BCUT2D eigenvalue weighted by molar-refractivity contribution is 0.102. The third kappa shape index (κ3) is 7.18. The molecule has 9 nitrogen and oxygen atoms in total. The average molecular weight is 605 g/mol. The first-order valence-electron chi connectivity index (χ1n) is 10.6. The maximum atomic E-state index is 13.2. The van der Waals surface area contributed by atoms with E-state index in [1.807, 2.05) is 0 Å². The van der Waals surface area contributed by atoms with Gasteiger partial charge in [0, 0.05) is 48.9 Å². The first kappa shape index (κ1) is 28.8. The largest absolute Gasteiger partial charge is 0.494 e. The Bertz CT molecular complexity index is 1300. The van der Waals surface area contributed by atoms with Gasteiger partial charge in [0.1, 0.15) is 16.4 Å². The van der Waals surface area contributed by atoms with E-state index in [1.54, 1.807) is 11.4 Å². The number of ether oxygens (including phenoxy) is 1. The summed E-state index contributed by atoms with van der Waals surface area (Å²) in [6, 6.07) is 5.62. The molecule has 2 heterocycles. The molecule has 0 unspecified atom stereocenters. The monoisotopic (exact) mass is 603 g/mol. The second kappa shape index (κ2) is 13.2. The van der Waals surface area contributed by atoms with Crippen molar-refractivity contribution in [3.63, 3.8) is 0 Å². The number of amides is 4. The van der Waals surface area contributed by atoms with Crippen molar-refractivity contribution in [1.29, 1.82) is 0 Å². The van der Waals surface area contributed by atoms with Gasteiger partial charge >= 0.3 is 6.03 Å². The topological polar surface area (TPSA) is 113 Å². The molecule has 3 N–H and O–H groups in total. The van der Waals surface area contributed by atoms with E-state index >= 15 is 0 Å². The Morgan fingerprint density at radius 2 is 1.84 bits per heavy atom. The molecule has 0 aliphatic carbocycles. The summed E-state index contributed by atoms with van der Waals surface area (Å²) in [4.78, 5) is 44.1. The molecular weight excluding hydrogens is 584 g/mol. The van der Waals surface area contributed by atoms with Crippen LogP contribution in [-0.2, 0) is 6.54 Å². The molecule has 0 aliphatic rings. The van der Waals surface area contributed by atoms with E-state index in [9.17, 15) is 14.4 Å². The van der Waals surface area contributed by atoms with Crippen molar-refractivity contribution in [3.8, 4) is 5.75 Å². The number of benzene rings is 1. The first-order valence-corrected chi connectivity index (χ1v) is 13.1. The quantitative estimate of drug-likeness (QED) is 0.259. The van der Waals surface area contributed by atoms with Crippen LogP contribution in [-0.4, -0.2) is 54.3 Å². The Hall–Kier alpha value is -2.76. The highest BCUT2D eigenvalue weighted by Gasteiger charge is 2.24. The summed E-state index contributed by atoms with van der Waals surface area (Å²) in [5.41, 5.74) is 0.694. The molecule has 0 saturated heterocycles. The Balaban J connectivity index is 1.89. The number of hydrogen-bond acceptors (Lipinski definition) is 6.